The number of aliphatic hydroxyl groups excluding tert-OH is 6. The summed E-state index contributed by atoms with van der Waals surface area (Å²) in [6.07, 6.45) is -8.59. The number of aliphatic carboxylic acids is 1. The van der Waals surface area contributed by atoms with E-state index in [1.165, 1.54) is 0 Å². The number of esters is 1. The van der Waals surface area contributed by atoms with E-state index in [-0.39, 0.29) is 24.5 Å². The van der Waals surface area contributed by atoms with Crippen molar-refractivity contribution in [2.75, 3.05) is 26.4 Å². The molecule has 0 bridgehead atoms. The predicted octanol–water partition coefficient (Wildman–Crippen LogP) is -1.48. The van der Waals surface area contributed by atoms with Gasteiger partial charge in [0.15, 0.2) is 18.2 Å². The third-order valence-electron chi connectivity index (χ3n) is 9.66. The lowest BCUT2D eigenvalue weighted by molar-refractivity contribution is -0.365. The molecule has 1 saturated carbocycles. The zero-order chi connectivity index (χ0) is 34.6. The van der Waals surface area contributed by atoms with Crippen molar-refractivity contribution in [1.29, 1.82) is 0 Å². The summed E-state index contributed by atoms with van der Waals surface area (Å²) in [7, 11) is 0. The SMILES string of the molecule is C/C(=C\CCC(C)CCO)C(=O)OC[C@@]1(O)CO[C@@H](O[C@H]2[C@H](O[C@@H]3OC=C(C(=O)O)[C@H]4C[C@H](O)[C@@H](C)[C@H]34)O[C@H](CO)[C@@H](O)[C@@H]2O)[C@@H]1O. The minimum Gasteiger partial charge on any atom is -0.478 e. The number of rotatable bonds is 14. The molecule has 3 fully saturated rings. The molecule has 16 nitrogen and oxygen atoms in total. The van der Waals surface area contributed by atoms with Crippen LogP contribution in [0.5, 0.6) is 0 Å². The lowest BCUT2D eigenvalue weighted by atomic mass is 9.83. The Bertz CT molecular complexity index is 1140. The van der Waals surface area contributed by atoms with E-state index in [4.69, 9.17) is 33.5 Å². The highest BCUT2D eigenvalue weighted by molar-refractivity contribution is 5.88. The molecule has 0 radical (unpaired) electrons. The fraction of sp³-hybridized carbons (Fsp3) is 0.806. The second-order valence-corrected chi connectivity index (χ2v) is 13.1. The fourth-order valence-corrected chi connectivity index (χ4v) is 6.51. The molecular weight excluding hydrogens is 628 g/mol. The molecule has 2 saturated heterocycles. The summed E-state index contributed by atoms with van der Waals surface area (Å²) in [6, 6.07) is 0. The summed E-state index contributed by atoms with van der Waals surface area (Å²) < 4.78 is 33.8. The van der Waals surface area contributed by atoms with E-state index in [0.29, 0.717) is 18.4 Å². The monoisotopic (exact) mass is 676 g/mol. The average Bonchev–Trinajstić information content (AvgIpc) is 3.49. The van der Waals surface area contributed by atoms with E-state index in [9.17, 15) is 45.3 Å². The first-order valence-electron chi connectivity index (χ1n) is 15.9. The van der Waals surface area contributed by atoms with Gasteiger partial charge >= 0.3 is 11.9 Å². The van der Waals surface area contributed by atoms with Crippen LogP contribution in [0.25, 0.3) is 0 Å². The molecule has 3 heterocycles. The van der Waals surface area contributed by atoms with Crippen molar-refractivity contribution in [3.63, 3.8) is 0 Å². The highest BCUT2D eigenvalue weighted by Gasteiger charge is 2.56. The Morgan fingerprint density at radius 2 is 1.81 bits per heavy atom. The molecule has 268 valence electrons. The van der Waals surface area contributed by atoms with Crippen molar-refractivity contribution in [1.82, 2.24) is 0 Å². The molecule has 0 aromatic rings. The van der Waals surface area contributed by atoms with E-state index in [1.54, 1.807) is 19.9 Å². The number of ether oxygens (including phenoxy) is 6. The van der Waals surface area contributed by atoms with Crippen molar-refractivity contribution in [3.05, 3.63) is 23.5 Å². The summed E-state index contributed by atoms with van der Waals surface area (Å²) in [6.45, 7) is 3.42. The fourth-order valence-electron chi connectivity index (χ4n) is 6.51. The van der Waals surface area contributed by atoms with E-state index >= 15 is 0 Å². The van der Waals surface area contributed by atoms with Gasteiger partial charge in [-0.1, -0.05) is 19.9 Å². The molecule has 0 amide bonds. The van der Waals surface area contributed by atoms with Gasteiger partial charge in [-0.3, -0.25) is 0 Å². The Balaban J connectivity index is 1.43. The molecule has 4 aliphatic rings. The number of carboxylic acids is 1. The maximum atomic E-state index is 12.5. The van der Waals surface area contributed by atoms with Gasteiger partial charge in [-0.05, 0) is 44.4 Å². The average molecular weight is 677 g/mol. The maximum Gasteiger partial charge on any atom is 0.334 e. The van der Waals surface area contributed by atoms with Gasteiger partial charge in [-0.25, -0.2) is 9.59 Å². The van der Waals surface area contributed by atoms with E-state index in [2.05, 4.69) is 0 Å². The Hall–Kier alpha value is -2.22. The minimum absolute atomic E-state index is 0.0416. The van der Waals surface area contributed by atoms with Gasteiger partial charge in [0.1, 0.15) is 37.1 Å². The first-order valence-corrected chi connectivity index (χ1v) is 15.9. The highest BCUT2D eigenvalue weighted by atomic mass is 16.8. The van der Waals surface area contributed by atoms with Crippen LogP contribution in [-0.2, 0) is 38.0 Å². The van der Waals surface area contributed by atoms with E-state index in [1.807, 2.05) is 6.92 Å². The van der Waals surface area contributed by atoms with Crippen LogP contribution in [0, 0.1) is 23.7 Å². The number of allylic oxidation sites excluding steroid dienone is 1. The molecule has 14 atom stereocenters. The zero-order valence-electron chi connectivity index (χ0n) is 26.7. The van der Waals surface area contributed by atoms with Crippen molar-refractivity contribution in [2.24, 2.45) is 23.7 Å². The Morgan fingerprint density at radius 3 is 2.47 bits per heavy atom. The molecular formula is C31H48O16. The molecule has 16 heteroatoms. The molecule has 47 heavy (non-hydrogen) atoms. The van der Waals surface area contributed by atoms with Crippen molar-refractivity contribution >= 4 is 11.9 Å². The minimum atomic E-state index is -2.10. The number of hydrogen-bond acceptors (Lipinski definition) is 15. The van der Waals surface area contributed by atoms with E-state index in [0.717, 1.165) is 12.7 Å². The first-order chi connectivity index (χ1) is 22.2. The van der Waals surface area contributed by atoms with Crippen LogP contribution >= 0.6 is 0 Å². The summed E-state index contributed by atoms with van der Waals surface area (Å²) in [5.41, 5.74) is -1.85. The van der Waals surface area contributed by atoms with Crippen LogP contribution in [0.3, 0.4) is 0 Å². The largest absolute Gasteiger partial charge is 0.478 e. The molecule has 3 aliphatic heterocycles. The van der Waals surface area contributed by atoms with Gasteiger partial charge in [0.05, 0.1) is 31.2 Å². The Kier molecular flexibility index (Phi) is 12.8. The van der Waals surface area contributed by atoms with Crippen molar-refractivity contribution in [2.45, 2.75) is 108 Å². The molecule has 1 unspecified atom stereocenters. The van der Waals surface area contributed by atoms with Crippen LogP contribution in [0.15, 0.2) is 23.5 Å². The van der Waals surface area contributed by atoms with E-state index < -0.39 is 111 Å². The molecule has 4 rings (SSSR count). The predicted molar refractivity (Wildman–Crippen MR) is 157 cm³/mol. The molecule has 0 aromatic carbocycles. The first kappa shape index (κ1) is 37.6. The summed E-state index contributed by atoms with van der Waals surface area (Å²) in [5, 5.41) is 82.5. The third-order valence-corrected chi connectivity index (χ3v) is 9.66. The third kappa shape index (κ3) is 8.33. The van der Waals surface area contributed by atoms with Crippen molar-refractivity contribution < 1.29 is 78.9 Å². The second-order valence-electron chi connectivity index (χ2n) is 13.1. The standard InChI is InChI=1S/C31H48O16/c1-14(7-8-32)5-4-6-15(2)27(40)43-12-31(41)13-44-30(25(31)37)46-24-23(36)22(35)20(10-33)45-29(24)47-28-21-16(3)19(34)9-17(21)18(11-42-28)26(38)39/h6,11,14,16-17,19-25,28-30,32-37,41H,4-5,7-10,12-13H2,1-3H3,(H,38,39)/b15-6+/t14?,16-,17-,19+,20-,21+,22-,23+,24-,25+,28+,29+,30+,31-/m1/s1. The zero-order valence-corrected chi connectivity index (χ0v) is 26.7. The Labute approximate surface area is 272 Å². The van der Waals surface area contributed by atoms with Gasteiger partial charge in [0.25, 0.3) is 0 Å². The maximum absolute atomic E-state index is 12.5. The van der Waals surface area contributed by atoms with Crippen LogP contribution < -0.4 is 0 Å². The van der Waals surface area contributed by atoms with Crippen LogP contribution in [0.4, 0.5) is 0 Å². The summed E-state index contributed by atoms with van der Waals surface area (Å²) in [4.78, 5) is 24.3. The van der Waals surface area contributed by atoms with Gasteiger partial charge in [-0.15, -0.1) is 0 Å². The lowest BCUT2D eigenvalue weighted by Gasteiger charge is -2.45. The van der Waals surface area contributed by atoms with Crippen LogP contribution in [0.2, 0.25) is 0 Å². The molecule has 8 N–H and O–H groups in total. The normalized spacial score (nSPS) is 41.1. The molecule has 0 spiro atoms. The van der Waals surface area contributed by atoms with Gasteiger partial charge < -0.3 is 69.3 Å². The number of fused-ring (bicyclic) bond motifs is 1. The number of aliphatic hydroxyl groups is 7. The quantitative estimate of drug-likeness (QED) is 0.0772. The van der Waals surface area contributed by atoms with Gasteiger partial charge in [0.2, 0.25) is 6.29 Å². The number of carboxylic acid groups (broad SMARTS) is 1. The topological polar surface area (TPSA) is 251 Å². The van der Waals surface area contributed by atoms with Gasteiger partial charge in [-0.2, -0.15) is 0 Å². The summed E-state index contributed by atoms with van der Waals surface area (Å²) >= 11 is 0. The van der Waals surface area contributed by atoms with Gasteiger partial charge in [0, 0.05) is 24.0 Å². The number of hydrogen-bond donors (Lipinski definition) is 8. The van der Waals surface area contributed by atoms with Crippen molar-refractivity contribution in [3.8, 4) is 0 Å². The Morgan fingerprint density at radius 1 is 1.09 bits per heavy atom. The second kappa shape index (κ2) is 16.0. The molecule has 1 aliphatic carbocycles. The van der Waals surface area contributed by atoms with Crippen LogP contribution in [-0.4, -0.2) is 140 Å². The number of carbonyl (C=O) groups is 2. The molecule has 0 aromatic heterocycles. The van der Waals surface area contributed by atoms with Crippen LogP contribution in [0.1, 0.15) is 46.5 Å². The lowest BCUT2D eigenvalue weighted by Crippen LogP contribution is -2.62. The smallest absolute Gasteiger partial charge is 0.334 e. The highest BCUT2D eigenvalue weighted by Crippen LogP contribution is 2.47. The number of carbonyl (C=O) groups excluding carboxylic acids is 1. The summed E-state index contributed by atoms with van der Waals surface area (Å²) in [5.74, 6) is -3.42.